The second-order valence-electron chi connectivity index (χ2n) is 2.16. The van der Waals surface area contributed by atoms with Crippen LogP contribution in [-0.2, 0) is 9.53 Å². The molecule has 0 rings (SSSR count). The van der Waals surface area contributed by atoms with Gasteiger partial charge in [0.15, 0.2) is 0 Å². The van der Waals surface area contributed by atoms with Gasteiger partial charge >= 0.3 is 5.97 Å². The average Bonchev–Trinajstić information content (AvgIpc) is 2.18. The lowest BCUT2D eigenvalue weighted by Crippen LogP contribution is -2.09. The summed E-state index contributed by atoms with van der Waals surface area (Å²) in [5, 5.41) is 8.71. The Morgan fingerprint density at radius 2 is 2.29 bits per heavy atom. The maximum atomic E-state index is 11.2. The standard InChI is InChI=1S/C9H9Cl2NO2/c1-2-14-9(13)8(6-12)7(5-11)3-4-10/h3-4H,2,5H2,1H3/b4-3+,8-7?. The van der Waals surface area contributed by atoms with Crippen molar-refractivity contribution in [1.82, 2.24) is 0 Å². The number of alkyl halides is 1. The molecule has 0 spiro atoms. The second-order valence-corrected chi connectivity index (χ2v) is 2.68. The first-order valence-corrected chi connectivity index (χ1v) is 4.81. The van der Waals surface area contributed by atoms with Gasteiger partial charge in [-0.1, -0.05) is 11.6 Å². The summed E-state index contributed by atoms with van der Waals surface area (Å²) in [5.74, 6) is -0.648. The van der Waals surface area contributed by atoms with Gasteiger partial charge in [-0.25, -0.2) is 4.79 Å². The zero-order valence-electron chi connectivity index (χ0n) is 7.59. The van der Waals surface area contributed by atoms with Gasteiger partial charge in [0.05, 0.1) is 6.61 Å². The Morgan fingerprint density at radius 1 is 1.64 bits per heavy atom. The highest BCUT2D eigenvalue weighted by Gasteiger charge is 2.13. The number of nitrogens with zero attached hydrogens (tertiary/aromatic N) is 1. The Kier molecular flexibility index (Phi) is 6.91. The third-order valence-electron chi connectivity index (χ3n) is 1.32. The smallest absolute Gasteiger partial charge is 0.349 e. The Balaban J connectivity index is 5.00. The maximum Gasteiger partial charge on any atom is 0.349 e. The number of rotatable bonds is 4. The molecule has 0 radical (unpaired) electrons. The van der Waals surface area contributed by atoms with Crippen LogP contribution < -0.4 is 0 Å². The summed E-state index contributed by atoms with van der Waals surface area (Å²) in [6, 6.07) is 1.73. The molecule has 0 unspecified atom stereocenters. The molecule has 5 heteroatoms. The van der Waals surface area contributed by atoms with Crippen LogP contribution in [0.3, 0.4) is 0 Å². The van der Waals surface area contributed by atoms with E-state index in [0.717, 1.165) is 0 Å². The summed E-state index contributed by atoms with van der Waals surface area (Å²) in [6.07, 6.45) is 1.39. The Hall–Kier alpha value is -0.980. The summed E-state index contributed by atoms with van der Waals surface area (Å²) in [5.41, 5.74) is 1.43. The molecule has 0 saturated carbocycles. The molecule has 0 fully saturated rings. The number of esters is 1. The molecule has 0 bridgehead atoms. The van der Waals surface area contributed by atoms with Gasteiger partial charge in [-0.05, 0) is 18.6 Å². The molecule has 0 aromatic rings. The number of carbonyl (C=O) groups excluding carboxylic acids is 1. The van der Waals surface area contributed by atoms with Crippen LogP contribution in [0, 0.1) is 11.3 Å². The predicted molar refractivity (Wildman–Crippen MR) is 55.0 cm³/mol. The van der Waals surface area contributed by atoms with Gasteiger partial charge in [0.2, 0.25) is 0 Å². The molecule has 14 heavy (non-hydrogen) atoms. The van der Waals surface area contributed by atoms with Crippen molar-refractivity contribution in [1.29, 1.82) is 5.26 Å². The van der Waals surface area contributed by atoms with E-state index in [1.807, 2.05) is 0 Å². The molecule has 0 N–H and O–H groups in total. The van der Waals surface area contributed by atoms with Crippen molar-refractivity contribution >= 4 is 29.2 Å². The summed E-state index contributed by atoms with van der Waals surface area (Å²) in [4.78, 5) is 11.2. The number of halogens is 2. The van der Waals surface area contributed by atoms with E-state index in [1.165, 1.54) is 11.6 Å². The van der Waals surface area contributed by atoms with Crippen molar-refractivity contribution in [2.45, 2.75) is 6.92 Å². The van der Waals surface area contributed by atoms with Gasteiger partial charge in [0.1, 0.15) is 11.6 Å². The van der Waals surface area contributed by atoms with Crippen molar-refractivity contribution < 1.29 is 9.53 Å². The molecule has 0 aliphatic heterocycles. The number of carbonyl (C=O) groups is 1. The van der Waals surface area contributed by atoms with Gasteiger partial charge in [-0.15, -0.1) is 11.6 Å². The monoisotopic (exact) mass is 233 g/mol. The van der Waals surface area contributed by atoms with Crippen LogP contribution in [0.5, 0.6) is 0 Å². The number of ether oxygens (including phenoxy) is 1. The van der Waals surface area contributed by atoms with Crippen LogP contribution in [0.2, 0.25) is 0 Å². The van der Waals surface area contributed by atoms with Crippen LogP contribution in [0.25, 0.3) is 0 Å². The number of allylic oxidation sites excluding steroid dienone is 2. The fourth-order valence-electron chi connectivity index (χ4n) is 0.723. The molecule has 3 nitrogen and oxygen atoms in total. The highest BCUT2D eigenvalue weighted by molar-refractivity contribution is 6.26. The maximum absolute atomic E-state index is 11.2. The molecule has 0 aliphatic rings. The SMILES string of the molecule is CCOC(=O)C(C#N)=C(/C=C/Cl)CCl. The molecular weight excluding hydrogens is 225 g/mol. The minimum Gasteiger partial charge on any atom is -0.462 e. The summed E-state index contributed by atoms with van der Waals surface area (Å²) in [6.45, 7) is 1.87. The van der Waals surface area contributed by atoms with Crippen LogP contribution in [0.15, 0.2) is 22.8 Å². The molecule has 76 valence electrons. The normalized spacial score (nSPS) is 12.1. The van der Waals surface area contributed by atoms with Crippen LogP contribution in [-0.4, -0.2) is 18.5 Å². The van der Waals surface area contributed by atoms with Gasteiger partial charge < -0.3 is 4.74 Å². The Morgan fingerprint density at radius 3 is 2.64 bits per heavy atom. The number of hydrogen-bond donors (Lipinski definition) is 0. The van der Waals surface area contributed by atoms with Crippen molar-refractivity contribution in [3.8, 4) is 6.07 Å². The van der Waals surface area contributed by atoms with E-state index in [0.29, 0.717) is 5.57 Å². The fraction of sp³-hybridized carbons (Fsp3) is 0.333. The molecule has 0 atom stereocenters. The highest BCUT2D eigenvalue weighted by atomic mass is 35.5. The topological polar surface area (TPSA) is 50.1 Å². The Bertz CT molecular complexity index is 302. The minimum absolute atomic E-state index is 0.0327. The lowest BCUT2D eigenvalue weighted by molar-refractivity contribution is -0.138. The molecule has 0 aromatic heterocycles. The lowest BCUT2D eigenvalue weighted by Gasteiger charge is -2.02. The van der Waals surface area contributed by atoms with E-state index >= 15 is 0 Å². The third-order valence-corrected chi connectivity index (χ3v) is 1.73. The summed E-state index contributed by atoms with van der Waals surface area (Å²) < 4.78 is 4.67. The van der Waals surface area contributed by atoms with E-state index in [4.69, 9.17) is 28.5 Å². The molecule has 0 aromatic carbocycles. The third kappa shape index (κ3) is 3.82. The van der Waals surface area contributed by atoms with Crippen molar-refractivity contribution in [3.05, 3.63) is 22.8 Å². The number of hydrogen-bond acceptors (Lipinski definition) is 3. The van der Waals surface area contributed by atoms with Gasteiger partial charge in [0.25, 0.3) is 0 Å². The van der Waals surface area contributed by atoms with Crippen molar-refractivity contribution in [2.24, 2.45) is 0 Å². The zero-order chi connectivity index (χ0) is 11.0. The first kappa shape index (κ1) is 13.0. The molecule has 0 aliphatic carbocycles. The first-order valence-electron chi connectivity index (χ1n) is 3.84. The van der Waals surface area contributed by atoms with E-state index in [9.17, 15) is 4.79 Å². The van der Waals surface area contributed by atoms with Gasteiger partial charge in [0, 0.05) is 11.4 Å². The van der Waals surface area contributed by atoms with E-state index in [2.05, 4.69) is 4.74 Å². The largest absolute Gasteiger partial charge is 0.462 e. The minimum atomic E-state index is -0.680. The molecular formula is C9H9Cl2NO2. The second kappa shape index (κ2) is 7.43. The lowest BCUT2D eigenvalue weighted by atomic mass is 10.1. The van der Waals surface area contributed by atoms with E-state index < -0.39 is 5.97 Å². The Labute approximate surface area is 92.6 Å². The van der Waals surface area contributed by atoms with Crippen molar-refractivity contribution in [2.75, 3.05) is 12.5 Å². The summed E-state index contributed by atoms with van der Waals surface area (Å²) >= 11 is 10.9. The van der Waals surface area contributed by atoms with E-state index in [-0.39, 0.29) is 18.1 Å². The summed E-state index contributed by atoms with van der Waals surface area (Å²) in [7, 11) is 0. The molecule has 0 saturated heterocycles. The quantitative estimate of drug-likeness (QED) is 0.246. The van der Waals surface area contributed by atoms with E-state index in [1.54, 1.807) is 13.0 Å². The van der Waals surface area contributed by atoms with Crippen LogP contribution in [0.4, 0.5) is 0 Å². The zero-order valence-corrected chi connectivity index (χ0v) is 9.10. The van der Waals surface area contributed by atoms with Crippen LogP contribution in [0.1, 0.15) is 6.92 Å². The number of nitriles is 1. The predicted octanol–water partition coefficient (Wildman–Crippen LogP) is 2.36. The van der Waals surface area contributed by atoms with Gasteiger partial charge in [-0.2, -0.15) is 5.26 Å². The molecule has 0 heterocycles. The van der Waals surface area contributed by atoms with Crippen LogP contribution >= 0.6 is 23.2 Å². The fourth-order valence-corrected chi connectivity index (χ4v) is 1.10. The van der Waals surface area contributed by atoms with Gasteiger partial charge in [-0.3, -0.25) is 0 Å². The first-order chi connectivity index (χ1) is 6.71. The average molecular weight is 234 g/mol. The molecule has 0 amide bonds. The van der Waals surface area contributed by atoms with Crippen molar-refractivity contribution in [3.63, 3.8) is 0 Å². The highest BCUT2D eigenvalue weighted by Crippen LogP contribution is 2.10.